The van der Waals surface area contributed by atoms with Gasteiger partial charge in [0.25, 0.3) is 5.91 Å². The third-order valence-electron chi connectivity index (χ3n) is 6.28. The molecule has 1 saturated heterocycles. The van der Waals surface area contributed by atoms with Crippen LogP contribution in [0.4, 0.5) is 0 Å². The molecule has 32 heavy (non-hydrogen) atoms. The number of likely N-dealkylation sites (tertiary alicyclic amines) is 1. The van der Waals surface area contributed by atoms with Gasteiger partial charge in [-0.25, -0.2) is 4.79 Å². The zero-order valence-electron chi connectivity index (χ0n) is 18.6. The van der Waals surface area contributed by atoms with Gasteiger partial charge in [0.1, 0.15) is 5.58 Å². The standard InChI is InChI=1S/C26H29ClN2O3/c1-3-11-29(17-20-15-25(30)32-24-14-18(2)23(27)16-22(20)24)21-9-12-28(13-10-21)26(31)19-7-5-4-6-8-19/h4-8,14-16,21H,3,9-13,17H2,1-2H3. The van der Waals surface area contributed by atoms with Crippen LogP contribution in [0.5, 0.6) is 0 Å². The number of rotatable bonds is 6. The Morgan fingerprint density at radius 1 is 1.16 bits per heavy atom. The summed E-state index contributed by atoms with van der Waals surface area (Å²) in [4.78, 5) is 29.4. The second-order valence-electron chi connectivity index (χ2n) is 8.55. The molecule has 2 heterocycles. The molecule has 2 aromatic carbocycles. The highest BCUT2D eigenvalue weighted by Gasteiger charge is 2.27. The van der Waals surface area contributed by atoms with Gasteiger partial charge in [0.2, 0.25) is 0 Å². The Bertz CT molecular complexity index is 1150. The van der Waals surface area contributed by atoms with Crippen LogP contribution in [0.1, 0.15) is 47.7 Å². The Labute approximate surface area is 193 Å². The largest absolute Gasteiger partial charge is 0.423 e. The van der Waals surface area contributed by atoms with Gasteiger partial charge >= 0.3 is 5.63 Å². The van der Waals surface area contributed by atoms with E-state index in [9.17, 15) is 9.59 Å². The number of hydrogen-bond donors (Lipinski definition) is 0. The monoisotopic (exact) mass is 452 g/mol. The van der Waals surface area contributed by atoms with E-state index in [2.05, 4.69) is 11.8 Å². The number of carbonyl (C=O) groups excluding carboxylic acids is 1. The first kappa shape index (κ1) is 22.6. The fraction of sp³-hybridized carbons (Fsp3) is 0.385. The van der Waals surface area contributed by atoms with Gasteiger partial charge in [-0.05, 0) is 68.1 Å². The smallest absolute Gasteiger partial charge is 0.336 e. The number of hydrogen-bond acceptors (Lipinski definition) is 4. The van der Waals surface area contributed by atoms with Crippen LogP contribution in [0, 0.1) is 6.92 Å². The first-order valence-corrected chi connectivity index (χ1v) is 11.7. The van der Waals surface area contributed by atoms with Gasteiger partial charge in [0.15, 0.2) is 0 Å². The summed E-state index contributed by atoms with van der Waals surface area (Å²) < 4.78 is 5.43. The predicted octanol–water partition coefficient (Wildman–Crippen LogP) is 5.27. The number of halogens is 1. The van der Waals surface area contributed by atoms with E-state index in [1.807, 2.05) is 54.3 Å². The summed E-state index contributed by atoms with van der Waals surface area (Å²) in [5.74, 6) is 0.0998. The predicted molar refractivity (Wildman–Crippen MR) is 128 cm³/mol. The van der Waals surface area contributed by atoms with Crippen molar-refractivity contribution in [3.63, 3.8) is 0 Å². The average Bonchev–Trinajstić information content (AvgIpc) is 2.80. The molecule has 0 N–H and O–H groups in total. The molecule has 1 fully saturated rings. The first-order valence-electron chi connectivity index (χ1n) is 11.3. The Hall–Kier alpha value is -2.63. The molecule has 0 radical (unpaired) electrons. The van der Waals surface area contributed by atoms with E-state index in [0.29, 0.717) is 23.2 Å². The van der Waals surface area contributed by atoms with E-state index >= 15 is 0 Å². The summed E-state index contributed by atoms with van der Waals surface area (Å²) in [5.41, 5.74) is 2.81. The summed E-state index contributed by atoms with van der Waals surface area (Å²) in [6, 6.07) is 15.1. The highest BCUT2D eigenvalue weighted by molar-refractivity contribution is 6.32. The van der Waals surface area contributed by atoms with Crippen LogP contribution >= 0.6 is 11.6 Å². The Kier molecular flexibility index (Phi) is 6.97. The first-order chi connectivity index (χ1) is 15.5. The Morgan fingerprint density at radius 3 is 2.56 bits per heavy atom. The van der Waals surface area contributed by atoms with Crippen molar-refractivity contribution in [2.45, 2.75) is 45.7 Å². The molecule has 1 aliphatic heterocycles. The van der Waals surface area contributed by atoms with E-state index < -0.39 is 0 Å². The Morgan fingerprint density at radius 2 is 1.88 bits per heavy atom. The molecule has 0 unspecified atom stereocenters. The lowest BCUT2D eigenvalue weighted by Crippen LogP contribution is -2.46. The van der Waals surface area contributed by atoms with Crippen LogP contribution < -0.4 is 5.63 Å². The van der Waals surface area contributed by atoms with Crippen molar-refractivity contribution in [3.05, 3.63) is 80.7 Å². The summed E-state index contributed by atoms with van der Waals surface area (Å²) in [6.07, 6.45) is 2.85. The highest BCUT2D eigenvalue weighted by Crippen LogP contribution is 2.27. The van der Waals surface area contributed by atoms with E-state index in [1.165, 1.54) is 0 Å². The summed E-state index contributed by atoms with van der Waals surface area (Å²) >= 11 is 6.37. The molecule has 0 bridgehead atoms. The summed E-state index contributed by atoms with van der Waals surface area (Å²) in [7, 11) is 0. The van der Waals surface area contributed by atoms with Gasteiger partial charge in [0, 0.05) is 47.7 Å². The fourth-order valence-electron chi connectivity index (χ4n) is 4.57. The molecule has 0 aliphatic carbocycles. The molecule has 3 aromatic rings. The zero-order chi connectivity index (χ0) is 22.7. The van der Waals surface area contributed by atoms with Gasteiger partial charge in [-0.1, -0.05) is 36.7 Å². The van der Waals surface area contributed by atoms with Crippen molar-refractivity contribution < 1.29 is 9.21 Å². The van der Waals surface area contributed by atoms with E-state index in [-0.39, 0.29) is 11.5 Å². The average molecular weight is 453 g/mol. The zero-order valence-corrected chi connectivity index (χ0v) is 19.4. The Balaban J connectivity index is 1.51. The molecule has 4 rings (SSSR count). The second-order valence-corrected chi connectivity index (χ2v) is 8.96. The van der Waals surface area contributed by atoms with Crippen LogP contribution in [-0.2, 0) is 6.54 Å². The molecule has 0 spiro atoms. The van der Waals surface area contributed by atoms with Gasteiger partial charge in [-0.3, -0.25) is 9.69 Å². The number of aryl methyl sites for hydroxylation is 1. The van der Waals surface area contributed by atoms with Crippen molar-refractivity contribution in [2.75, 3.05) is 19.6 Å². The lowest BCUT2D eigenvalue weighted by molar-refractivity contribution is 0.0607. The summed E-state index contributed by atoms with van der Waals surface area (Å²) in [6.45, 7) is 7.13. The van der Waals surface area contributed by atoms with Crippen molar-refractivity contribution in [2.24, 2.45) is 0 Å². The minimum Gasteiger partial charge on any atom is -0.423 e. The number of piperidine rings is 1. The van der Waals surface area contributed by atoms with Gasteiger partial charge in [-0.15, -0.1) is 0 Å². The topological polar surface area (TPSA) is 53.8 Å². The molecule has 1 aliphatic rings. The number of carbonyl (C=O) groups is 1. The van der Waals surface area contributed by atoms with Crippen molar-refractivity contribution in [1.82, 2.24) is 9.80 Å². The van der Waals surface area contributed by atoms with E-state index in [0.717, 1.165) is 61.0 Å². The minimum atomic E-state index is -0.339. The maximum absolute atomic E-state index is 12.8. The molecule has 0 saturated carbocycles. The van der Waals surface area contributed by atoms with Gasteiger partial charge in [-0.2, -0.15) is 0 Å². The number of amides is 1. The molecule has 0 atom stereocenters. The maximum Gasteiger partial charge on any atom is 0.336 e. The molecule has 1 amide bonds. The van der Waals surface area contributed by atoms with Gasteiger partial charge < -0.3 is 9.32 Å². The molecule has 168 valence electrons. The maximum atomic E-state index is 12.8. The van der Waals surface area contributed by atoms with Crippen molar-refractivity contribution in [3.8, 4) is 0 Å². The fourth-order valence-corrected chi connectivity index (χ4v) is 4.74. The lowest BCUT2D eigenvalue weighted by Gasteiger charge is -2.38. The van der Waals surface area contributed by atoms with Crippen LogP contribution in [0.25, 0.3) is 11.0 Å². The lowest BCUT2D eigenvalue weighted by atomic mass is 10.00. The number of nitrogens with zero attached hydrogens (tertiary/aromatic N) is 2. The SMILES string of the molecule is CCCN(Cc1cc(=O)oc2cc(C)c(Cl)cc12)C1CCN(C(=O)c2ccccc2)CC1. The molecule has 1 aromatic heterocycles. The van der Waals surface area contributed by atoms with E-state index in [4.69, 9.17) is 16.0 Å². The number of benzene rings is 2. The molecule has 5 nitrogen and oxygen atoms in total. The molecule has 6 heteroatoms. The van der Waals surface area contributed by atoms with Crippen LogP contribution in [0.2, 0.25) is 5.02 Å². The third kappa shape index (κ3) is 4.89. The van der Waals surface area contributed by atoms with Crippen LogP contribution in [0.3, 0.4) is 0 Å². The van der Waals surface area contributed by atoms with Crippen molar-refractivity contribution in [1.29, 1.82) is 0 Å². The minimum absolute atomic E-state index is 0.0998. The van der Waals surface area contributed by atoms with Crippen LogP contribution in [0.15, 0.2) is 57.7 Å². The normalized spacial score (nSPS) is 14.9. The number of fused-ring (bicyclic) bond motifs is 1. The third-order valence-corrected chi connectivity index (χ3v) is 6.69. The quantitative estimate of drug-likeness (QED) is 0.478. The second kappa shape index (κ2) is 9.88. The van der Waals surface area contributed by atoms with Crippen molar-refractivity contribution >= 4 is 28.5 Å². The van der Waals surface area contributed by atoms with Crippen LogP contribution in [-0.4, -0.2) is 41.4 Å². The van der Waals surface area contributed by atoms with E-state index in [1.54, 1.807) is 6.07 Å². The summed E-state index contributed by atoms with van der Waals surface area (Å²) in [5, 5.41) is 1.56. The highest BCUT2D eigenvalue weighted by atomic mass is 35.5. The van der Waals surface area contributed by atoms with Gasteiger partial charge in [0.05, 0.1) is 0 Å². The molecular formula is C26H29ClN2O3. The molecular weight excluding hydrogens is 424 g/mol.